The fourth-order valence-corrected chi connectivity index (χ4v) is 3.69. The van der Waals surface area contributed by atoms with Gasteiger partial charge >= 0.3 is 6.18 Å². The van der Waals surface area contributed by atoms with Gasteiger partial charge in [-0.3, -0.25) is 0 Å². The third-order valence-electron chi connectivity index (χ3n) is 4.00. The van der Waals surface area contributed by atoms with Crippen LogP contribution < -0.4 is 5.32 Å². The summed E-state index contributed by atoms with van der Waals surface area (Å²) in [5.74, 6) is -0.675. The minimum Gasteiger partial charge on any atom is -0.359 e. The van der Waals surface area contributed by atoms with Crippen molar-refractivity contribution in [1.29, 1.82) is 0 Å². The molecule has 1 aromatic carbocycles. The summed E-state index contributed by atoms with van der Waals surface area (Å²) in [5.41, 5.74) is -0.918. The van der Waals surface area contributed by atoms with Crippen LogP contribution in [-0.4, -0.2) is 11.0 Å². The van der Waals surface area contributed by atoms with Crippen molar-refractivity contribution in [3.05, 3.63) is 35.8 Å². The quantitative estimate of drug-likeness (QED) is 0.721. The van der Waals surface area contributed by atoms with Crippen molar-refractivity contribution in [2.24, 2.45) is 0 Å². The van der Waals surface area contributed by atoms with Crippen molar-refractivity contribution in [3.8, 4) is 10.4 Å². The molecule has 3 rings (SSSR count). The Balaban J connectivity index is 1.82. The van der Waals surface area contributed by atoms with Crippen LogP contribution in [0, 0.1) is 5.82 Å². The van der Waals surface area contributed by atoms with Crippen molar-refractivity contribution in [1.82, 2.24) is 4.98 Å². The van der Waals surface area contributed by atoms with Gasteiger partial charge in [0.25, 0.3) is 0 Å². The van der Waals surface area contributed by atoms with Crippen LogP contribution in [0.25, 0.3) is 10.4 Å². The lowest BCUT2D eigenvalue weighted by molar-refractivity contribution is -0.137. The van der Waals surface area contributed by atoms with E-state index in [1.807, 2.05) is 0 Å². The van der Waals surface area contributed by atoms with Crippen LogP contribution in [0.1, 0.15) is 37.7 Å². The van der Waals surface area contributed by atoms with Crippen molar-refractivity contribution in [2.75, 3.05) is 5.32 Å². The number of alkyl halides is 3. The fourth-order valence-electron chi connectivity index (χ4n) is 2.78. The summed E-state index contributed by atoms with van der Waals surface area (Å²) in [6, 6.07) is 2.79. The van der Waals surface area contributed by atoms with Crippen LogP contribution in [0.3, 0.4) is 0 Å². The second kappa shape index (κ2) is 6.47. The number of benzene rings is 1. The van der Waals surface area contributed by atoms with E-state index in [1.165, 1.54) is 24.0 Å². The Bertz CT molecular complexity index is 675. The predicted octanol–water partition coefficient (Wildman–Crippen LogP) is 5.71. The van der Waals surface area contributed by atoms with Gasteiger partial charge in [-0.05, 0) is 31.0 Å². The smallest absolute Gasteiger partial charge is 0.359 e. The third kappa shape index (κ3) is 3.83. The average Bonchev–Trinajstić information content (AvgIpc) is 2.96. The Morgan fingerprint density at radius 1 is 1.13 bits per heavy atom. The van der Waals surface area contributed by atoms with Crippen LogP contribution in [0.5, 0.6) is 0 Å². The average molecular weight is 344 g/mol. The van der Waals surface area contributed by atoms with Crippen molar-refractivity contribution < 1.29 is 17.6 Å². The lowest BCUT2D eigenvalue weighted by Crippen LogP contribution is -2.21. The monoisotopic (exact) mass is 344 g/mol. The van der Waals surface area contributed by atoms with Gasteiger partial charge in [0.2, 0.25) is 0 Å². The number of nitrogens with zero attached hydrogens (tertiary/aromatic N) is 1. The van der Waals surface area contributed by atoms with Crippen molar-refractivity contribution in [2.45, 2.75) is 44.3 Å². The summed E-state index contributed by atoms with van der Waals surface area (Å²) in [6.07, 6.45) is 2.62. The largest absolute Gasteiger partial charge is 0.416 e. The molecule has 2 nitrogen and oxygen atoms in total. The SMILES string of the molecule is Fc1ccc(C(F)(F)F)cc1-c1cnc(NC2CCCCC2)s1. The Labute approximate surface area is 135 Å². The molecule has 1 N–H and O–H groups in total. The second-order valence-corrected chi connectivity index (χ2v) is 6.73. The minimum atomic E-state index is -4.49. The number of aromatic nitrogens is 1. The van der Waals surface area contributed by atoms with Gasteiger partial charge in [-0.2, -0.15) is 13.2 Å². The fraction of sp³-hybridized carbons (Fsp3) is 0.438. The molecular formula is C16H16F4N2S. The van der Waals surface area contributed by atoms with Crippen molar-refractivity contribution in [3.63, 3.8) is 0 Å². The van der Waals surface area contributed by atoms with Crippen LogP contribution >= 0.6 is 11.3 Å². The van der Waals surface area contributed by atoms with Crippen molar-refractivity contribution >= 4 is 16.5 Å². The zero-order valence-electron chi connectivity index (χ0n) is 12.3. The van der Waals surface area contributed by atoms with E-state index in [0.29, 0.717) is 16.1 Å². The number of rotatable bonds is 3. The second-order valence-electron chi connectivity index (χ2n) is 5.70. The van der Waals surface area contributed by atoms with Crippen LogP contribution in [0.4, 0.5) is 22.7 Å². The Kier molecular flexibility index (Phi) is 4.57. The zero-order chi connectivity index (χ0) is 16.4. The molecule has 7 heteroatoms. The molecule has 1 saturated carbocycles. The molecule has 0 bridgehead atoms. The molecule has 0 radical (unpaired) electrons. The van der Waals surface area contributed by atoms with Gasteiger partial charge in [0.15, 0.2) is 5.13 Å². The first kappa shape index (κ1) is 16.2. The maximum absolute atomic E-state index is 13.9. The van der Waals surface area contributed by atoms with Gasteiger partial charge in [-0.15, -0.1) is 0 Å². The molecule has 0 spiro atoms. The Morgan fingerprint density at radius 2 is 1.87 bits per heavy atom. The molecular weight excluding hydrogens is 328 g/mol. The Hall–Kier alpha value is -1.63. The number of hydrogen-bond donors (Lipinski definition) is 1. The van der Waals surface area contributed by atoms with E-state index in [1.54, 1.807) is 0 Å². The highest BCUT2D eigenvalue weighted by atomic mass is 32.1. The molecule has 0 atom stereocenters. The van der Waals surface area contributed by atoms with E-state index in [9.17, 15) is 17.6 Å². The van der Waals surface area contributed by atoms with Gasteiger partial charge in [0.1, 0.15) is 5.82 Å². The summed E-state index contributed by atoms with van der Waals surface area (Å²) < 4.78 is 52.3. The van der Waals surface area contributed by atoms with Gasteiger partial charge in [-0.1, -0.05) is 30.6 Å². The first-order chi connectivity index (χ1) is 10.9. The molecule has 0 unspecified atom stereocenters. The number of halogens is 4. The molecule has 1 aliphatic rings. The highest BCUT2D eigenvalue weighted by Gasteiger charge is 2.31. The van der Waals surface area contributed by atoms with E-state index >= 15 is 0 Å². The normalized spacial score (nSPS) is 16.5. The number of anilines is 1. The molecule has 0 amide bonds. The minimum absolute atomic E-state index is 0.0611. The van der Waals surface area contributed by atoms with Gasteiger partial charge in [0, 0.05) is 17.8 Å². The maximum atomic E-state index is 13.9. The summed E-state index contributed by atoms with van der Waals surface area (Å²) in [4.78, 5) is 4.57. The van der Waals surface area contributed by atoms with Crippen LogP contribution in [-0.2, 0) is 6.18 Å². The van der Waals surface area contributed by atoms with E-state index in [4.69, 9.17) is 0 Å². The number of hydrogen-bond acceptors (Lipinski definition) is 3. The molecule has 0 aliphatic heterocycles. The summed E-state index contributed by atoms with van der Waals surface area (Å²) in [7, 11) is 0. The lowest BCUT2D eigenvalue weighted by atomic mass is 9.96. The van der Waals surface area contributed by atoms with Crippen LogP contribution in [0.2, 0.25) is 0 Å². The summed E-state index contributed by atoms with van der Waals surface area (Å²) in [5, 5.41) is 3.93. The number of thiazole rings is 1. The molecule has 1 aromatic heterocycles. The third-order valence-corrected chi connectivity index (χ3v) is 4.96. The molecule has 0 saturated heterocycles. The zero-order valence-corrected chi connectivity index (χ0v) is 13.1. The maximum Gasteiger partial charge on any atom is 0.416 e. The highest BCUT2D eigenvalue weighted by Crippen LogP contribution is 2.36. The first-order valence-corrected chi connectivity index (χ1v) is 8.34. The van der Waals surface area contributed by atoms with E-state index in [2.05, 4.69) is 10.3 Å². The number of nitrogens with one attached hydrogen (secondary N) is 1. The highest BCUT2D eigenvalue weighted by molar-refractivity contribution is 7.18. The molecule has 124 valence electrons. The predicted molar refractivity (Wildman–Crippen MR) is 83.0 cm³/mol. The molecule has 23 heavy (non-hydrogen) atoms. The first-order valence-electron chi connectivity index (χ1n) is 7.53. The van der Waals surface area contributed by atoms with Gasteiger partial charge < -0.3 is 5.32 Å². The van der Waals surface area contributed by atoms with Crippen LogP contribution in [0.15, 0.2) is 24.4 Å². The summed E-state index contributed by atoms with van der Waals surface area (Å²) >= 11 is 1.18. The van der Waals surface area contributed by atoms with Gasteiger partial charge in [0.05, 0.1) is 10.4 Å². The van der Waals surface area contributed by atoms with E-state index in [-0.39, 0.29) is 5.56 Å². The molecule has 1 heterocycles. The standard InChI is InChI=1S/C16H16F4N2S/c17-13-7-6-10(16(18,19)20)8-12(13)14-9-21-15(23-14)22-11-4-2-1-3-5-11/h6-9,11H,1-5H2,(H,21,22). The summed E-state index contributed by atoms with van der Waals surface area (Å²) in [6.45, 7) is 0. The molecule has 1 aliphatic carbocycles. The molecule has 1 fully saturated rings. The van der Waals surface area contributed by atoms with E-state index in [0.717, 1.165) is 43.9 Å². The topological polar surface area (TPSA) is 24.9 Å². The van der Waals surface area contributed by atoms with Gasteiger partial charge in [-0.25, -0.2) is 9.37 Å². The molecule has 2 aromatic rings. The lowest BCUT2D eigenvalue weighted by Gasteiger charge is -2.22. The Morgan fingerprint density at radius 3 is 2.57 bits per heavy atom. The van der Waals surface area contributed by atoms with E-state index < -0.39 is 17.6 Å².